The van der Waals surface area contributed by atoms with E-state index in [1.807, 2.05) is 109 Å². The normalized spacial score (nSPS) is 11.1. The van der Waals surface area contributed by atoms with Gasteiger partial charge in [0.2, 0.25) is 5.91 Å². The Morgan fingerprint density at radius 2 is 1.29 bits per heavy atom. The number of anilines is 3. The summed E-state index contributed by atoms with van der Waals surface area (Å²) < 4.78 is 6.95. The Morgan fingerprint density at radius 3 is 1.90 bits per heavy atom. The molecule has 0 radical (unpaired) electrons. The van der Waals surface area contributed by atoms with Crippen LogP contribution in [0.3, 0.4) is 0 Å². The van der Waals surface area contributed by atoms with Crippen molar-refractivity contribution >= 4 is 68.6 Å². The molecule has 242 valence electrons. The zero-order valence-electron chi connectivity index (χ0n) is 26.1. The standard InChI is InChI=1S/C40H30BrN3O4S/c41-30-18-16-28(17-19-30)37-25-22-34(48-37)26-36(43-39(46)29-10-4-1-5-11-29)40(47)42-31-20-23-35(24-21-31)49-27-38(45)44(32-12-6-2-7-13-32)33-14-8-3-9-15-33/h1-26H,27H2,(H,42,47)(H,43,46). The molecule has 6 aromatic rings. The molecule has 0 unspecified atom stereocenters. The summed E-state index contributed by atoms with van der Waals surface area (Å²) in [5.74, 6) is 0.202. The van der Waals surface area contributed by atoms with Gasteiger partial charge in [0.15, 0.2) is 0 Å². The highest BCUT2D eigenvalue weighted by molar-refractivity contribution is 9.10. The second kappa shape index (κ2) is 16.0. The zero-order valence-corrected chi connectivity index (χ0v) is 28.5. The van der Waals surface area contributed by atoms with Crippen molar-refractivity contribution in [2.45, 2.75) is 4.90 Å². The van der Waals surface area contributed by atoms with E-state index < -0.39 is 11.8 Å². The summed E-state index contributed by atoms with van der Waals surface area (Å²) in [4.78, 5) is 42.6. The Balaban J connectivity index is 1.15. The van der Waals surface area contributed by atoms with E-state index in [1.54, 1.807) is 47.4 Å². The van der Waals surface area contributed by atoms with E-state index in [1.165, 1.54) is 17.8 Å². The largest absolute Gasteiger partial charge is 0.457 e. The molecule has 7 nitrogen and oxygen atoms in total. The van der Waals surface area contributed by atoms with Gasteiger partial charge in [-0.15, -0.1) is 11.8 Å². The number of thioether (sulfide) groups is 1. The first-order chi connectivity index (χ1) is 23.9. The van der Waals surface area contributed by atoms with Gasteiger partial charge in [-0.2, -0.15) is 0 Å². The highest BCUT2D eigenvalue weighted by Crippen LogP contribution is 2.29. The lowest BCUT2D eigenvalue weighted by Gasteiger charge is -2.23. The van der Waals surface area contributed by atoms with Crippen molar-refractivity contribution in [3.63, 3.8) is 0 Å². The van der Waals surface area contributed by atoms with Crippen LogP contribution < -0.4 is 15.5 Å². The van der Waals surface area contributed by atoms with E-state index >= 15 is 0 Å². The summed E-state index contributed by atoms with van der Waals surface area (Å²) in [7, 11) is 0. The topological polar surface area (TPSA) is 91.7 Å². The first kappa shape index (κ1) is 33.3. The summed E-state index contributed by atoms with van der Waals surface area (Å²) in [6, 6.07) is 46.2. The predicted octanol–water partition coefficient (Wildman–Crippen LogP) is 9.58. The van der Waals surface area contributed by atoms with Gasteiger partial charge in [-0.25, -0.2) is 0 Å². The molecule has 0 saturated heterocycles. The minimum atomic E-state index is -0.525. The fraction of sp³-hybridized carbons (Fsp3) is 0.0250. The van der Waals surface area contributed by atoms with E-state index in [0.717, 1.165) is 26.3 Å². The van der Waals surface area contributed by atoms with Crippen LogP contribution in [-0.4, -0.2) is 23.5 Å². The number of hydrogen-bond donors (Lipinski definition) is 2. The number of furan rings is 1. The lowest BCUT2D eigenvalue weighted by Crippen LogP contribution is -2.30. The molecule has 2 N–H and O–H groups in total. The zero-order chi connectivity index (χ0) is 34.0. The number of halogens is 1. The predicted molar refractivity (Wildman–Crippen MR) is 200 cm³/mol. The van der Waals surface area contributed by atoms with Crippen LogP contribution in [0.25, 0.3) is 17.4 Å². The summed E-state index contributed by atoms with van der Waals surface area (Å²) in [6.45, 7) is 0. The van der Waals surface area contributed by atoms with E-state index in [0.29, 0.717) is 22.8 Å². The second-order valence-corrected chi connectivity index (χ2v) is 12.7. The Bertz CT molecular complexity index is 2030. The summed E-state index contributed by atoms with van der Waals surface area (Å²) in [6.07, 6.45) is 1.50. The highest BCUT2D eigenvalue weighted by Gasteiger charge is 2.19. The number of carbonyl (C=O) groups excluding carboxylic acids is 3. The number of para-hydroxylation sites is 2. The third-order valence-electron chi connectivity index (χ3n) is 7.32. The average Bonchev–Trinajstić information content (AvgIpc) is 3.61. The first-order valence-electron chi connectivity index (χ1n) is 15.3. The van der Waals surface area contributed by atoms with Crippen molar-refractivity contribution in [2.24, 2.45) is 0 Å². The Kier molecular flexibility index (Phi) is 10.8. The van der Waals surface area contributed by atoms with E-state index in [9.17, 15) is 14.4 Å². The molecule has 0 aliphatic carbocycles. The maximum Gasteiger partial charge on any atom is 0.272 e. The fourth-order valence-corrected chi connectivity index (χ4v) is 5.93. The molecule has 1 heterocycles. The minimum Gasteiger partial charge on any atom is -0.457 e. The molecule has 0 bridgehead atoms. The molecule has 49 heavy (non-hydrogen) atoms. The van der Waals surface area contributed by atoms with Crippen molar-refractivity contribution in [1.29, 1.82) is 0 Å². The van der Waals surface area contributed by atoms with Gasteiger partial charge < -0.3 is 15.1 Å². The van der Waals surface area contributed by atoms with Crippen LogP contribution in [0, 0.1) is 0 Å². The van der Waals surface area contributed by atoms with Crippen LogP contribution in [0.5, 0.6) is 0 Å². The number of amides is 3. The van der Waals surface area contributed by atoms with Crippen molar-refractivity contribution in [3.8, 4) is 11.3 Å². The molecule has 3 amide bonds. The molecule has 0 spiro atoms. The van der Waals surface area contributed by atoms with Gasteiger partial charge >= 0.3 is 0 Å². The summed E-state index contributed by atoms with van der Waals surface area (Å²) in [5.41, 5.74) is 3.39. The average molecular weight is 729 g/mol. The molecule has 0 aliphatic rings. The SMILES string of the molecule is O=C(Nc1ccc(SCC(=O)N(c2ccccc2)c2ccccc2)cc1)C(=Cc1ccc(-c2ccc(Br)cc2)o1)NC(=O)c1ccccc1. The number of rotatable bonds is 11. The minimum absolute atomic E-state index is 0.0107. The van der Waals surface area contributed by atoms with E-state index in [2.05, 4.69) is 26.6 Å². The number of nitrogens with zero attached hydrogens (tertiary/aromatic N) is 1. The Hall–Kier alpha value is -5.64. The molecule has 6 rings (SSSR count). The molecule has 1 aromatic heterocycles. The van der Waals surface area contributed by atoms with Crippen molar-refractivity contribution < 1.29 is 18.8 Å². The number of nitrogens with one attached hydrogen (secondary N) is 2. The van der Waals surface area contributed by atoms with Gasteiger partial charge in [-0.3, -0.25) is 19.3 Å². The van der Waals surface area contributed by atoms with Crippen LogP contribution in [0.15, 0.2) is 171 Å². The third-order valence-corrected chi connectivity index (χ3v) is 8.85. The van der Waals surface area contributed by atoms with Crippen LogP contribution in [0.4, 0.5) is 17.1 Å². The van der Waals surface area contributed by atoms with Gasteiger partial charge in [0.25, 0.3) is 11.8 Å². The molecular formula is C40H30BrN3O4S. The fourth-order valence-electron chi connectivity index (χ4n) is 4.92. The maximum absolute atomic E-state index is 13.5. The Morgan fingerprint density at radius 1 is 0.694 bits per heavy atom. The van der Waals surface area contributed by atoms with Gasteiger partial charge in [-0.05, 0) is 84.9 Å². The monoisotopic (exact) mass is 727 g/mol. The van der Waals surface area contributed by atoms with Crippen LogP contribution >= 0.6 is 27.7 Å². The number of hydrogen-bond acceptors (Lipinski definition) is 5. The molecule has 0 fully saturated rings. The summed E-state index contributed by atoms with van der Waals surface area (Å²) >= 11 is 4.84. The second-order valence-electron chi connectivity index (χ2n) is 10.8. The lowest BCUT2D eigenvalue weighted by atomic mass is 10.2. The van der Waals surface area contributed by atoms with Crippen molar-refractivity contribution in [3.05, 3.63) is 173 Å². The third kappa shape index (κ3) is 8.84. The Labute approximate surface area is 296 Å². The smallest absolute Gasteiger partial charge is 0.272 e. The lowest BCUT2D eigenvalue weighted by molar-refractivity contribution is -0.115. The quantitative estimate of drug-likeness (QED) is 0.102. The number of benzene rings is 5. The van der Waals surface area contributed by atoms with Crippen molar-refractivity contribution in [2.75, 3.05) is 16.0 Å². The van der Waals surface area contributed by atoms with Gasteiger partial charge in [0.1, 0.15) is 17.2 Å². The van der Waals surface area contributed by atoms with Crippen molar-refractivity contribution in [1.82, 2.24) is 5.32 Å². The molecule has 5 aromatic carbocycles. The molecular weight excluding hydrogens is 698 g/mol. The van der Waals surface area contributed by atoms with Crippen LogP contribution in [0.2, 0.25) is 0 Å². The van der Waals surface area contributed by atoms with Gasteiger partial charge in [0.05, 0.1) is 5.75 Å². The summed E-state index contributed by atoms with van der Waals surface area (Å²) in [5, 5.41) is 5.60. The van der Waals surface area contributed by atoms with E-state index in [4.69, 9.17) is 4.42 Å². The van der Waals surface area contributed by atoms with Gasteiger partial charge in [0, 0.05) is 43.6 Å². The van der Waals surface area contributed by atoms with Crippen LogP contribution in [-0.2, 0) is 9.59 Å². The van der Waals surface area contributed by atoms with Gasteiger partial charge in [-0.1, -0.05) is 82.7 Å². The highest BCUT2D eigenvalue weighted by atomic mass is 79.9. The number of carbonyl (C=O) groups is 3. The molecule has 0 atom stereocenters. The molecule has 0 aliphatic heterocycles. The van der Waals surface area contributed by atoms with E-state index in [-0.39, 0.29) is 17.4 Å². The maximum atomic E-state index is 13.5. The first-order valence-corrected chi connectivity index (χ1v) is 17.1. The molecule has 9 heteroatoms. The molecule has 0 saturated carbocycles. The van der Waals surface area contributed by atoms with Crippen LogP contribution in [0.1, 0.15) is 16.1 Å².